The molecule has 2 heterocycles. The third kappa shape index (κ3) is 3.97. The summed E-state index contributed by atoms with van der Waals surface area (Å²) >= 11 is 0. The molecule has 2 aromatic carbocycles. The number of sulfonamides is 1. The number of amides is 1. The maximum Gasteiger partial charge on any atom is 0.258 e. The molecule has 28 heavy (non-hydrogen) atoms. The minimum Gasteiger partial charge on any atom is -0.377 e. The maximum atomic E-state index is 13.1. The minimum atomic E-state index is -3.70. The van der Waals surface area contributed by atoms with E-state index in [4.69, 9.17) is 4.74 Å². The highest BCUT2D eigenvalue weighted by Gasteiger charge is 2.25. The molecule has 0 aliphatic carbocycles. The molecule has 148 valence electrons. The van der Waals surface area contributed by atoms with Crippen molar-refractivity contribution in [3.63, 3.8) is 0 Å². The number of rotatable bonds is 5. The number of hydrogen-bond acceptors (Lipinski definition) is 4. The first-order valence-electron chi connectivity index (χ1n) is 9.66. The zero-order valence-corrected chi connectivity index (χ0v) is 16.5. The number of hydrogen-bond donors (Lipinski definition) is 1. The van der Waals surface area contributed by atoms with Crippen molar-refractivity contribution in [2.45, 2.75) is 36.7 Å². The van der Waals surface area contributed by atoms with Crippen LogP contribution in [0.4, 0.5) is 5.69 Å². The van der Waals surface area contributed by atoms with E-state index in [0.717, 1.165) is 36.9 Å². The van der Waals surface area contributed by atoms with Gasteiger partial charge in [0, 0.05) is 30.9 Å². The summed E-state index contributed by atoms with van der Waals surface area (Å²) in [5, 5.41) is 0. The SMILES string of the molecule is O=C(c1cccc(S(=O)(=O)NC[C@H]2CCCO2)c1)N1CCCc2ccccc21. The van der Waals surface area contributed by atoms with Crippen LogP contribution in [0.25, 0.3) is 0 Å². The highest BCUT2D eigenvalue weighted by atomic mass is 32.2. The van der Waals surface area contributed by atoms with Crippen LogP contribution in [-0.4, -0.2) is 40.1 Å². The van der Waals surface area contributed by atoms with E-state index in [1.54, 1.807) is 17.0 Å². The Morgan fingerprint density at radius 1 is 1.14 bits per heavy atom. The van der Waals surface area contributed by atoms with Gasteiger partial charge in [0.15, 0.2) is 0 Å². The van der Waals surface area contributed by atoms with Crippen molar-refractivity contribution in [1.82, 2.24) is 4.72 Å². The Labute approximate surface area is 165 Å². The molecular weight excluding hydrogens is 376 g/mol. The van der Waals surface area contributed by atoms with E-state index in [2.05, 4.69) is 4.72 Å². The monoisotopic (exact) mass is 400 g/mol. The molecular formula is C21H24N2O4S. The van der Waals surface area contributed by atoms with Crippen molar-refractivity contribution < 1.29 is 17.9 Å². The molecule has 1 saturated heterocycles. The molecule has 1 N–H and O–H groups in total. The third-order valence-corrected chi connectivity index (χ3v) is 6.69. The molecule has 2 aromatic rings. The van der Waals surface area contributed by atoms with Gasteiger partial charge in [-0.05, 0) is 55.5 Å². The van der Waals surface area contributed by atoms with Gasteiger partial charge in [-0.3, -0.25) is 4.79 Å². The first kappa shape index (κ1) is 19.1. The van der Waals surface area contributed by atoms with Crippen molar-refractivity contribution in [3.05, 3.63) is 59.7 Å². The number of anilines is 1. The predicted molar refractivity (Wildman–Crippen MR) is 107 cm³/mol. The third-order valence-electron chi connectivity index (χ3n) is 5.27. The zero-order chi connectivity index (χ0) is 19.6. The van der Waals surface area contributed by atoms with Crippen LogP contribution in [0.5, 0.6) is 0 Å². The number of nitrogens with zero attached hydrogens (tertiary/aromatic N) is 1. The van der Waals surface area contributed by atoms with Gasteiger partial charge >= 0.3 is 0 Å². The van der Waals surface area contributed by atoms with Crippen LogP contribution in [0.3, 0.4) is 0 Å². The number of carbonyl (C=O) groups excluding carboxylic acids is 1. The fourth-order valence-electron chi connectivity index (χ4n) is 3.79. The molecule has 4 rings (SSSR count). The molecule has 0 unspecified atom stereocenters. The Kier molecular flexibility index (Phi) is 5.48. The van der Waals surface area contributed by atoms with E-state index in [1.165, 1.54) is 12.1 Å². The van der Waals surface area contributed by atoms with Gasteiger partial charge in [-0.2, -0.15) is 0 Å². The van der Waals surface area contributed by atoms with E-state index < -0.39 is 10.0 Å². The summed E-state index contributed by atoms with van der Waals surface area (Å²) in [6.07, 6.45) is 3.57. The molecule has 1 amide bonds. The second-order valence-electron chi connectivity index (χ2n) is 7.20. The van der Waals surface area contributed by atoms with Crippen LogP contribution in [-0.2, 0) is 21.2 Å². The van der Waals surface area contributed by atoms with Crippen LogP contribution >= 0.6 is 0 Å². The number of fused-ring (bicyclic) bond motifs is 1. The Bertz CT molecular complexity index is 968. The minimum absolute atomic E-state index is 0.0792. The molecule has 0 saturated carbocycles. The normalized spacial score (nSPS) is 19.4. The van der Waals surface area contributed by atoms with Gasteiger partial charge in [0.25, 0.3) is 5.91 Å². The van der Waals surface area contributed by atoms with Crippen LogP contribution in [0.15, 0.2) is 53.4 Å². The summed E-state index contributed by atoms with van der Waals surface area (Å²) in [6, 6.07) is 14.1. The number of carbonyl (C=O) groups is 1. The summed E-state index contributed by atoms with van der Waals surface area (Å²) in [6.45, 7) is 1.55. The van der Waals surface area contributed by atoms with E-state index in [9.17, 15) is 13.2 Å². The Hall–Kier alpha value is -2.22. The van der Waals surface area contributed by atoms with Crippen LogP contribution in [0.1, 0.15) is 35.2 Å². The van der Waals surface area contributed by atoms with Crippen molar-refractivity contribution in [2.24, 2.45) is 0 Å². The summed E-state index contributed by atoms with van der Waals surface area (Å²) in [7, 11) is -3.70. The zero-order valence-electron chi connectivity index (χ0n) is 15.6. The number of aryl methyl sites for hydroxylation is 1. The van der Waals surface area contributed by atoms with Crippen LogP contribution < -0.4 is 9.62 Å². The van der Waals surface area contributed by atoms with Crippen molar-refractivity contribution in [1.29, 1.82) is 0 Å². The highest BCUT2D eigenvalue weighted by Crippen LogP contribution is 2.28. The quantitative estimate of drug-likeness (QED) is 0.837. The van der Waals surface area contributed by atoms with Gasteiger partial charge in [-0.1, -0.05) is 24.3 Å². The molecule has 0 radical (unpaired) electrons. The Morgan fingerprint density at radius 2 is 2.00 bits per heavy atom. The first-order chi connectivity index (χ1) is 13.5. The van der Waals surface area contributed by atoms with Gasteiger partial charge in [0.2, 0.25) is 10.0 Å². The predicted octanol–water partition coefficient (Wildman–Crippen LogP) is 2.74. The van der Waals surface area contributed by atoms with Crippen LogP contribution in [0.2, 0.25) is 0 Å². The first-order valence-corrected chi connectivity index (χ1v) is 11.1. The number of para-hydroxylation sites is 1. The maximum absolute atomic E-state index is 13.1. The molecule has 0 spiro atoms. The second-order valence-corrected chi connectivity index (χ2v) is 8.97. The summed E-state index contributed by atoms with van der Waals surface area (Å²) in [5.41, 5.74) is 2.42. The Morgan fingerprint density at radius 3 is 2.82 bits per heavy atom. The van der Waals surface area contributed by atoms with E-state index in [-0.39, 0.29) is 23.5 Å². The standard InChI is InChI=1S/C21H24N2O4S/c24-21(23-12-4-8-16-6-1-2-11-20(16)23)17-7-3-10-19(14-17)28(25,26)22-15-18-9-5-13-27-18/h1-3,6-7,10-11,14,18,22H,4-5,8-9,12-13,15H2/t18-/m1/s1. The fraction of sp³-hybridized carbons (Fsp3) is 0.381. The van der Waals surface area contributed by atoms with Gasteiger partial charge < -0.3 is 9.64 Å². The molecule has 2 aliphatic rings. The summed E-state index contributed by atoms with van der Waals surface area (Å²) in [4.78, 5) is 14.9. The van der Waals surface area contributed by atoms with Crippen LogP contribution in [0, 0.1) is 0 Å². The average molecular weight is 401 g/mol. The number of benzene rings is 2. The lowest BCUT2D eigenvalue weighted by atomic mass is 10.0. The summed E-state index contributed by atoms with van der Waals surface area (Å²) in [5.74, 6) is -0.177. The van der Waals surface area contributed by atoms with Gasteiger partial charge in [0.1, 0.15) is 0 Å². The molecule has 7 heteroatoms. The number of nitrogens with one attached hydrogen (secondary N) is 1. The lowest BCUT2D eigenvalue weighted by Gasteiger charge is -2.29. The van der Waals surface area contributed by atoms with Crippen molar-refractivity contribution >= 4 is 21.6 Å². The smallest absolute Gasteiger partial charge is 0.258 e. The number of ether oxygens (including phenoxy) is 1. The molecule has 1 fully saturated rings. The molecule has 0 aromatic heterocycles. The molecule has 2 aliphatic heterocycles. The lowest BCUT2D eigenvalue weighted by Crippen LogP contribution is -2.35. The highest BCUT2D eigenvalue weighted by molar-refractivity contribution is 7.89. The molecule has 6 nitrogen and oxygen atoms in total. The van der Waals surface area contributed by atoms with Crippen molar-refractivity contribution in [2.75, 3.05) is 24.6 Å². The molecule has 0 bridgehead atoms. The average Bonchev–Trinajstić information content (AvgIpc) is 3.25. The Balaban J connectivity index is 1.54. The van der Waals surface area contributed by atoms with Gasteiger partial charge in [-0.25, -0.2) is 13.1 Å². The lowest BCUT2D eigenvalue weighted by molar-refractivity contribution is 0.0985. The summed E-state index contributed by atoms with van der Waals surface area (Å²) < 4.78 is 33.4. The topological polar surface area (TPSA) is 75.7 Å². The van der Waals surface area contributed by atoms with E-state index in [1.807, 2.05) is 24.3 Å². The van der Waals surface area contributed by atoms with Gasteiger partial charge in [0.05, 0.1) is 11.0 Å². The second kappa shape index (κ2) is 8.03. The van der Waals surface area contributed by atoms with Gasteiger partial charge in [-0.15, -0.1) is 0 Å². The fourth-order valence-corrected chi connectivity index (χ4v) is 4.90. The molecule has 1 atom stereocenters. The van der Waals surface area contributed by atoms with E-state index in [0.29, 0.717) is 18.7 Å². The van der Waals surface area contributed by atoms with E-state index >= 15 is 0 Å². The van der Waals surface area contributed by atoms with Crippen molar-refractivity contribution in [3.8, 4) is 0 Å². The largest absolute Gasteiger partial charge is 0.377 e.